The molecule has 2 aromatic heterocycles. The molecule has 0 unspecified atom stereocenters. The summed E-state index contributed by atoms with van der Waals surface area (Å²) in [5, 5.41) is 13.6. The average molecular weight is 484 g/mol. The highest BCUT2D eigenvalue weighted by Crippen LogP contribution is 2.48. The molecule has 2 fully saturated rings. The van der Waals surface area contributed by atoms with Crippen LogP contribution in [-0.4, -0.2) is 34.2 Å². The lowest BCUT2D eigenvalue weighted by Crippen LogP contribution is -2.46. The summed E-state index contributed by atoms with van der Waals surface area (Å²) in [5.41, 5.74) is 5.98. The van der Waals surface area contributed by atoms with Crippen molar-refractivity contribution in [3.63, 3.8) is 0 Å². The minimum atomic E-state index is -1.33. The Morgan fingerprint density at radius 1 is 1.11 bits per heavy atom. The van der Waals surface area contributed by atoms with Crippen molar-refractivity contribution in [3.8, 4) is 11.3 Å². The zero-order valence-corrected chi connectivity index (χ0v) is 19.4. The number of nitrogens with one attached hydrogen (secondary N) is 1. The van der Waals surface area contributed by atoms with E-state index in [1.54, 1.807) is 12.4 Å². The van der Waals surface area contributed by atoms with Crippen LogP contribution in [0.3, 0.4) is 0 Å². The highest BCUT2D eigenvalue weighted by molar-refractivity contribution is 5.69. The fraction of sp³-hybridized carbons (Fsp3) is 0.385. The zero-order valence-electron chi connectivity index (χ0n) is 19.4. The molecule has 2 atom stereocenters. The lowest BCUT2D eigenvalue weighted by atomic mass is 9.96. The van der Waals surface area contributed by atoms with E-state index in [-0.39, 0.29) is 18.2 Å². The smallest absolute Gasteiger partial charge is 0.149 e. The second kappa shape index (κ2) is 9.13. The number of aliphatic hydroxyl groups is 1. The molecule has 0 radical (unpaired) electrons. The molecule has 2 aliphatic rings. The van der Waals surface area contributed by atoms with Crippen LogP contribution in [0.25, 0.3) is 11.3 Å². The quantitative estimate of drug-likeness (QED) is 0.484. The monoisotopic (exact) mass is 483 g/mol. The third-order valence-electron chi connectivity index (χ3n) is 6.75. The Hall–Kier alpha value is -3.17. The minimum absolute atomic E-state index is 0.0346. The zero-order chi connectivity index (χ0) is 24.7. The van der Waals surface area contributed by atoms with Crippen LogP contribution in [0, 0.1) is 23.4 Å². The van der Waals surface area contributed by atoms with E-state index in [0.717, 1.165) is 43.0 Å². The summed E-state index contributed by atoms with van der Waals surface area (Å²) in [5.74, 6) is -2.30. The summed E-state index contributed by atoms with van der Waals surface area (Å²) in [4.78, 5) is 10.7. The number of pyridine rings is 2. The van der Waals surface area contributed by atoms with Gasteiger partial charge in [-0.05, 0) is 49.4 Å². The molecule has 1 aliphatic heterocycles. The average Bonchev–Trinajstić information content (AvgIpc) is 3.56. The van der Waals surface area contributed by atoms with Crippen molar-refractivity contribution in [3.05, 3.63) is 71.4 Å². The second-order valence-corrected chi connectivity index (χ2v) is 9.70. The normalized spacial score (nSPS) is 21.1. The Balaban J connectivity index is 1.41. The summed E-state index contributed by atoms with van der Waals surface area (Å²) in [6.07, 6.45) is 5.14. The first-order chi connectivity index (χ1) is 16.7. The summed E-state index contributed by atoms with van der Waals surface area (Å²) >= 11 is 0. The molecule has 1 saturated carbocycles. The Kier molecular flexibility index (Phi) is 6.14. The van der Waals surface area contributed by atoms with Crippen molar-refractivity contribution in [2.75, 3.05) is 23.3 Å². The van der Waals surface area contributed by atoms with Gasteiger partial charge in [0.2, 0.25) is 0 Å². The Labute approximate surface area is 202 Å². The van der Waals surface area contributed by atoms with Crippen LogP contribution in [-0.2, 0) is 12.1 Å². The molecule has 1 aliphatic carbocycles. The molecule has 0 spiro atoms. The lowest BCUT2D eigenvalue weighted by Gasteiger charge is -2.37. The van der Waals surface area contributed by atoms with Crippen LogP contribution in [0.5, 0.6) is 0 Å². The molecule has 9 heteroatoms. The van der Waals surface area contributed by atoms with Crippen molar-refractivity contribution < 1.29 is 18.3 Å². The van der Waals surface area contributed by atoms with Crippen LogP contribution in [0.2, 0.25) is 0 Å². The van der Waals surface area contributed by atoms with E-state index in [1.165, 1.54) is 12.1 Å². The maximum Gasteiger partial charge on any atom is 0.149 e. The van der Waals surface area contributed by atoms with Gasteiger partial charge in [-0.25, -0.2) is 18.2 Å². The second-order valence-electron chi connectivity index (χ2n) is 9.70. The van der Waals surface area contributed by atoms with Gasteiger partial charge in [-0.15, -0.1) is 0 Å². The molecule has 184 valence electrons. The first-order valence-corrected chi connectivity index (χ1v) is 11.8. The third-order valence-corrected chi connectivity index (χ3v) is 6.75. The van der Waals surface area contributed by atoms with Crippen molar-refractivity contribution in [2.24, 2.45) is 11.7 Å². The molecule has 6 nitrogen and oxygen atoms in total. The maximum atomic E-state index is 15.2. The number of piperidine rings is 1. The maximum absolute atomic E-state index is 15.2. The van der Waals surface area contributed by atoms with E-state index in [1.807, 2.05) is 6.07 Å². The van der Waals surface area contributed by atoms with Gasteiger partial charge in [0.05, 0.1) is 41.0 Å². The van der Waals surface area contributed by atoms with E-state index in [0.29, 0.717) is 24.5 Å². The number of aromatic nitrogens is 2. The fourth-order valence-electron chi connectivity index (χ4n) is 4.85. The minimum Gasteiger partial charge on any atom is -0.385 e. The molecule has 3 heterocycles. The molecule has 1 saturated heterocycles. The predicted octanol–water partition coefficient (Wildman–Crippen LogP) is 4.33. The van der Waals surface area contributed by atoms with Gasteiger partial charge in [0.25, 0.3) is 0 Å². The molecule has 0 amide bonds. The van der Waals surface area contributed by atoms with Gasteiger partial charge in [-0.2, -0.15) is 0 Å². The summed E-state index contributed by atoms with van der Waals surface area (Å²) in [6, 6.07) is 6.86. The van der Waals surface area contributed by atoms with Crippen LogP contribution in [0.15, 0.2) is 42.7 Å². The van der Waals surface area contributed by atoms with Gasteiger partial charge >= 0.3 is 0 Å². The molecule has 35 heavy (non-hydrogen) atoms. The van der Waals surface area contributed by atoms with Gasteiger partial charge in [0.1, 0.15) is 23.1 Å². The summed E-state index contributed by atoms with van der Waals surface area (Å²) < 4.78 is 44.5. The number of rotatable bonds is 6. The highest BCUT2D eigenvalue weighted by atomic mass is 19.1. The number of halogens is 3. The number of nitrogens with two attached hydrogens (primary N) is 1. The molecule has 5 rings (SSSR count). The van der Waals surface area contributed by atoms with Crippen molar-refractivity contribution >= 4 is 11.4 Å². The van der Waals surface area contributed by atoms with Gasteiger partial charge < -0.3 is 21.1 Å². The van der Waals surface area contributed by atoms with E-state index in [9.17, 15) is 13.9 Å². The summed E-state index contributed by atoms with van der Waals surface area (Å²) in [7, 11) is 0. The van der Waals surface area contributed by atoms with Crippen molar-refractivity contribution in [2.45, 2.75) is 44.4 Å². The standard InChI is InChI=1S/C26H28F3N5O/c1-15-10-16(30)14-34(13-15)22-6-9-31-12-21(22)32-11-17-2-4-20(28)25(33-17)23-19(27)5-3-18(24(23)29)26(35)7-8-26/h2-6,9,12,15-16,32,35H,7-8,10-11,13-14,30H2,1H3/t15-,16+/m1/s1. The van der Waals surface area contributed by atoms with Gasteiger partial charge in [0.15, 0.2) is 0 Å². The Morgan fingerprint density at radius 3 is 2.63 bits per heavy atom. The van der Waals surface area contributed by atoms with E-state index in [2.05, 4.69) is 27.1 Å². The molecular formula is C26H28F3N5O. The van der Waals surface area contributed by atoms with Crippen molar-refractivity contribution in [1.29, 1.82) is 0 Å². The van der Waals surface area contributed by atoms with Crippen LogP contribution >= 0.6 is 0 Å². The number of hydrogen-bond acceptors (Lipinski definition) is 6. The van der Waals surface area contributed by atoms with E-state index in [4.69, 9.17) is 5.73 Å². The number of anilines is 2. The lowest BCUT2D eigenvalue weighted by molar-refractivity contribution is 0.146. The molecule has 4 N–H and O–H groups in total. The number of nitrogens with zero attached hydrogens (tertiary/aromatic N) is 3. The first kappa shape index (κ1) is 23.6. The van der Waals surface area contributed by atoms with Crippen molar-refractivity contribution in [1.82, 2.24) is 9.97 Å². The van der Waals surface area contributed by atoms with Gasteiger partial charge in [0, 0.05) is 30.9 Å². The first-order valence-electron chi connectivity index (χ1n) is 11.8. The third kappa shape index (κ3) is 4.70. The molecular weight excluding hydrogens is 455 g/mol. The SMILES string of the molecule is C[C@@H]1C[C@H](N)CN(c2ccncc2NCc2ccc(F)c(-c3c(F)ccc(C4(O)CC4)c3F)n2)C1. The fourth-order valence-corrected chi connectivity index (χ4v) is 4.85. The number of hydrogen-bond donors (Lipinski definition) is 3. The predicted molar refractivity (Wildman–Crippen MR) is 128 cm³/mol. The Bertz CT molecular complexity index is 1240. The van der Waals surface area contributed by atoms with Gasteiger partial charge in [-0.1, -0.05) is 13.0 Å². The van der Waals surface area contributed by atoms with Gasteiger partial charge in [-0.3, -0.25) is 4.98 Å². The van der Waals surface area contributed by atoms with Crippen LogP contribution < -0.4 is 16.0 Å². The molecule has 3 aromatic rings. The Morgan fingerprint density at radius 2 is 1.89 bits per heavy atom. The van der Waals surface area contributed by atoms with Crippen LogP contribution in [0.1, 0.15) is 37.4 Å². The van der Waals surface area contributed by atoms with E-state index >= 15 is 4.39 Å². The molecule has 1 aromatic carbocycles. The van der Waals surface area contributed by atoms with Crippen LogP contribution in [0.4, 0.5) is 24.5 Å². The largest absolute Gasteiger partial charge is 0.385 e. The number of benzene rings is 1. The molecule has 0 bridgehead atoms. The van der Waals surface area contributed by atoms with E-state index < -0.39 is 34.3 Å². The topological polar surface area (TPSA) is 87.3 Å². The summed E-state index contributed by atoms with van der Waals surface area (Å²) in [6.45, 7) is 3.95. The highest BCUT2D eigenvalue weighted by Gasteiger charge is 2.45.